The molecule has 0 atom stereocenters. The van der Waals surface area contributed by atoms with Gasteiger partial charge in [0.05, 0.1) is 24.2 Å². The SMILES string of the molecule is CCOC(=O)c1cnn(-c2ccc(C(=O)Nc3ccc(OCC(=O)N(C)C)cc3)cc2)c1C. The van der Waals surface area contributed by atoms with Gasteiger partial charge in [0, 0.05) is 25.3 Å². The summed E-state index contributed by atoms with van der Waals surface area (Å²) in [7, 11) is 3.32. The molecular weight excluding hydrogens is 424 g/mol. The molecule has 9 nitrogen and oxygen atoms in total. The van der Waals surface area contributed by atoms with Crippen LogP contribution in [0.15, 0.2) is 54.7 Å². The first-order valence-corrected chi connectivity index (χ1v) is 10.4. The van der Waals surface area contributed by atoms with E-state index in [0.717, 1.165) is 0 Å². The molecule has 0 aliphatic heterocycles. The highest BCUT2D eigenvalue weighted by molar-refractivity contribution is 6.04. The summed E-state index contributed by atoms with van der Waals surface area (Å²) >= 11 is 0. The molecule has 1 heterocycles. The van der Waals surface area contributed by atoms with Gasteiger partial charge in [-0.1, -0.05) is 0 Å². The van der Waals surface area contributed by atoms with Crippen LogP contribution in [0.25, 0.3) is 5.69 Å². The van der Waals surface area contributed by atoms with Crippen molar-refractivity contribution in [3.8, 4) is 11.4 Å². The van der Waals surface area contributed by atoms with Gasteiger partial charge in [-0.2, -0.15) is 5.10 Å². The number of carbonyl (C=O) groups is 3. The van der Waals surface area contributed by atoms with E-state index in [1.807, 2.05) is 0 Å². The number of ether oxygens (including phenoxy) is 2. The van der Waals surface area contributed by atoms with Crippen LogP contribution in [0.5, 0.6) is 5.75 Å². The van der Waals surface area contributed by atoms with E-state index in [2.05, 4.69) is 10.4 Å². The minimum absolute atomic E-state index is 0.0535. The van der Waals surface area contributed by atoms with Crippen molar-refractivity contribution < 1.29 is 23.9 Å². The summed E-state index contributed by atoms with van der Waals surface area (Å²) in [6.07, 6.45) is 1.47. The normalized spacial score (nSPS) is 10.4. The van der Waals surface area contributed by atoms with Crippen molar-refractivity contribution in [2.75, 3.05) is 32.6 Å². The monoisotopic (exact) mass is 450 g/mol. The molecule has 2 amide bonds. The van der Waals surface area contributed by atoms with Gasteiger partial charge in [0.25, 0.3) is 11.8 Å². The van der Waals surface area contributed by atoms with Crippen molar-refractivity contribution in [3.05, 3.63) is 71.5 Å². The second-order valence-electron chi connectivity index (χ2n) is 7.38. The fraction of sp³-hybridized carbons (Fsp3) is 0.250. The summed E-state index contributed by atoms with van der Waals surface area (Å²) in [5.74, 6) is -0.303. The fourth-order valence-electron chi connectivity index (χ4n) is 2.95. The number of amides is 2. The highest BCUT2D eigenvalue weighted by Gasteiger charge is 2.16. The molecule has 0 spiro atoms. The lowest BCUT2D eigenvalue weighted by Gasteiger charge is -2.12. The van der Waals surface area contributed by atoms with E-state index in [1.54, 1.807) is 81.2 Å². The van der Waals surface area contributed by atoms with Crippen LogP contribution in [-0.2, 0) is 9.53 Å². The number of nitrogens with one attached hydrogen (secondary N) is 1. The molecule has 1 aromatic heterocycles. The van der Waals surface area contributed by atoms with Gasteiger partial charge in [-0.05, 0) is 62.4 Å². The molecule has 0 aliphatic rings. The molecular formula is C24H26N4O5. The third-order valence-electron chi connectivity index (χ3n) is 4.85. The van der Waals surface area contributed by atoms with Gasteiger partial charge in [-0.3, -0.25) is 9.59 Å². The summed E-state index contributed by atoms with van der Waals surface area (Å²) in [4.78, 5) is 37.6. The Labute approximate surface area is 191 Å². The summed E-state index contributed by atoms with van der Waals surface area (Å²) in [6, 6.07) is 13.6. The zero-order valence-electron chi connectivity index (χ0n) is 19.0. The second kappa shape index (κ2) is 10.4. The van der Waals surface area contributed by atoms with Crippen molar-refractivity contribution in [3.63, 3.8) is 0 Å². The molecule has 9 heteroatoms. The van der Waals surface area contributed by atoms with Crippen LogP contribution in [0.4, 0.5) is 5.69 Å². The number of likely N-dealkylation sites (N-methyl/N-ethyl adjacent to an activating group) is 1. The number of esters is 1. The van der Waals surface area contributed by atoms with Gasteiger partial charge in [0.1, 0.15) is 11.3 Å². The Morgan fingerprint density at radius 3 is 2.30 bits per heavy atom. The maximum Gasteiger partial charge on any atom is 0.341 e. The number of anilines is 1. The first-order valence-electron chi connectivity index (χ1n) is 10.4. The average Bonchev–Trinajstić information content (AvgIpc) is 3.19. The molecule has 1 N–H and O–H groups in total. The van der Waals surface area contributed by atoms with Crippen LogP contribution in [0.1, 0.15) is 33.3 Å². The summed E-state index contributed by atoms with van der Waals surface area (Å²) < 4.78 is 12.1. The number of nitrogens with zero attached hydrogens (tertiary/aromatic N) is 3. The lowest BCUT2D eigenvalue weighted by molar-refractivity contribution is -0.130. The van der Waals surface area contributed by atoms with Crippen LogP contribution < -0.4 is 10.1 Å². The van der Waals surface area contributed by atoms with E-state index in [-0.39, 0.29) is 18.4 Å². The zero-order chi connectivity index (χ0) is 24.0. The van der Waals surface area contributed by atoms with E-state index >= 15 is 0 Å². The first kappa shape index (κ1) is 23.5. The van der Waals surface area contributed by atoms with Crippen LogP contribution >= 0.6 is 0 Å². The predicted octanol–water partition coefficient (Wildman–Crippen LogP) is 3.08. The Balaban J connectivity index is 1.63. The molecule has 2 aromatic carbocycles. The largest absolute Gasteiger partial charge is 0.484 e. The number of hydrogen-bond acceptors (Lipinski definition) is 6. The van der Waals surface area contributed by atoms with E-state index in [0.29, 0.717) is 40.6 Å². The fourth-order valence-corrected chi connectivity index (χ4v) is 2.95. The van der Waals surface area contributed by atoms with Crippen LogP contribution in [0, 0.1) is 6.92 Å². The van der Waals surface area contributed by atoms with Gasteiger partial charge in [-0.25, -0.2) is 9.48 Å². The molecule has 3 rings (SSSR count). The van der Waals surface area contributed by atoms with Crippen molar-refractivity contribution in [1.29, 1.82) is 0 Å². The minimum atomic E-state index is -0.419. The molecule has 0 fully saturated rings. The van der Waals surface area contributed by atoms with Crippen LogP contribution in [-0.4, -0.2) is 59.8 Å². The van der Waals surface area contributed by atoms with Crippen molar-refractivity contribution >= 4 is 23.5 Å². The quantitative estimate of drug-likeness (QED) is 0.529. The summed E-state index contributed by atoms with van der Waals surface area (Å²) in [5.41, 5.74) is 2.83. The molecule has 0 aliphatic carbocycles. The number of benzene rings is 2. The molecule has 0 radical (unpaired) electrons. The summed E-state index contributed by atoms with van der Waals surface area (Å²) in [6.45, 7) is 3.77. The Kier molecular flexibility index (Phi) is 7.45. The van der Waals surface area contributed by atoms with Gasteiger partial charge >= 0.3 is 5.97 Å². The molecule has 33 heavy (non-hydrogen) atoms. The number of hydrogen-bond donors (Lipinski definition) is 1. The maximum atomic E-state index is 12.6. The van der Waals surface area contributed by atoms with Crippen LogP contribution in [0.2, 0.25) is 0 Å². The van der Waals surface area contributed by atoms with E-state index < -0.39 is 5.97 Å². The average molecular weight is 450 g/mol. The van der Waals surface area contributed by atoms with Gasteiger partial charge < -0.3 is 19.7 Å². The smallest absolute Gasteiger partial charge is 0.341 e. The van der Waals surface area contributed by atoms with E-state index in [9.17, 15) is 14.4 Å². The number of carbonyl (C=O) groups excluding carboxylic acids is 3. The highest BCUT2D eigenvalue weighted by atomic mass is 16.5. The zero-order valence-corrected chi connectivity index (χ0v) is 19.0. The second-order valence-corrected chi connectivity index (χ2v) is 7.38. The topological polar surface area (TPSA) is 103 Å². The van der Waals surface area contributed by atoms with E-state index in [4.69, 9.17) is 9.47 Å². The highest BCUT2D eigenvalue weighted by Crippen LogP contribution is 2.19. The molecule has 0 unspecified atom stereocenters. The van der Waals surface area contributed by atoms with Crippen molar-refractivity contribution in [1.82, 2.24) is 14.7 Å². The number of aromatic nitrogens is 2. The molecule has 0 saturated carbocycles. The Bertz CT molecular complexity index is 1130. The number of rotatable bonds is 8. The third kappa shape index (κ3) is 5.76. The predicted molar refractivity (Wildman–Crippen MR) is 123 cm³/mol. The Hall–Kier alpha value is -4.14. The lowest BCUT2D eigenvalue weighted by atomic mass is 10.2. The Morgan fingerprint density at radius 1 is 1.03 bits per heavy atom. The first-order chi connectivity index (χ1) is 15.8. The van der Waals surface area contributed by atoms with E-state index in [1.165, 1.54) is 11.1 Å². The molecule has 0 bridgehead atoms. The molecule has 0 saturated heterocycles. The van der Waals surface area contributed by atoms with Gasteiger partial charge in [0.2, 0.25) is 0 Å². The maximum absolute atomic E-state index is 12.6. The van der Waals surface area contributed by atoms with Gasteiger partial charge in [0.15, 0.2) is 6.61 Å². The lowest BCUT2D eigenvalue weighted by Crippen LogP contribution is -2.27. The van der Waals surface area contributed by atoms with Gasteiger partial charge in [-0.15, -0.1) is 0 Å². The molecule has 172 valence electrons. The van der Waals surface area contributed by atoms with Crippen LogP contribution in [0.3, 0.4) is 0 Å². The Morgan fingerprint density at radius 2 is 1.70 bits per heavy atom. The third-order valence-corrected chi connectivity index (χ3v) is 4.85. The molecule has 3 aromatic rings. The van der Waals surface area contributed by atoms with Crippen molar-refractivity contribution in [2.24, 2.45) is 0 Å². The standard InChI is InChI=1S/C24H26N4O5/c1-5-32-24(31)21-14-25-28(16(21)2)19-10-6-17(7-11-19)23(30)26-18-8-12-20(13-9-18)33-15-22(29)27(3)4/h6-14H,5,15H2,1-4H3,(H,26,30). The van der Waals surface area contributed by atoms with Crippen molar-refractivity contribution in [2.45, 2.75) is 13.8 Å². The summed E-state index contributed by atoms with van der Waals surface area (Å²) in [5, 5.41) is 7.07. The minimum Gasteiger partial charge on any atom is -0.484 e.